The predicted molar refractivity (Wildman–Crippen MR) is 69.9 cm³/mol. The zero-order chi connectivity index (χ0) is 13.1. The van der Waals surface area contributed by atoms with E-state index in [4.69, 9.17) is 0 Å². The van der Waals surface area contributed by atoms with Gasteiger partial charge in [0.25, 0.3) is 5.91 Å². The first-order chi connectivity index (χ1) is 9.34. The van der Waals surface area contributed by atoms with Crippen molar-refractivity contribution < 1.29 is 4.79 Å². The van der Waals surface area contributed by atoms with Crippen molar-refractivity contribution in [3.05, 3.63) is 47.0 Å². The number of aryl methyl sites for hydroxylation is 1. The van der Waals surface area contributed by atoms with Crippen molar-refractivity contribution in [1.82, 2.24) is 20.6 Å². The van der Waals surface area contributed by atoms with E-state index in [0.717, 1.165) is 36.1 Å². The number of amides is 1. The molecule has 0 aromatic carbocycles. The number of aromatic amines is 1. The van der Waals surface area contributed by atoms with E-state index in [9.17, 15) is 4.79 Å². The highest BCUT2D eigenvalue weighted by Gasteiger charge is 2.22. The number of hydrazone groups is 1. The number of aromatic nitrogens is 3. The van der Waals surface area contributed by atoms with Crippen LogP contribution < -0.4 is 5.43 Å². The molecule has 0 fully saturated rings. The van der Waals surface area contributed by atoms with E-state index in [2.05, 4.69) is 25.7 Å². The molecule has 6 nitrogen and oxygen atoms in total. The first-order valence-corrected chi connectivity index (χ1v) is 6.14. The molecule has 0 atom stereocenters. The Balaban J connectivity index is 1.67. The summed E-state index contributed by atoms with van der Waals surface area (Å²) >= 11 is 0. The van der Waals surface area contributed by atoms with Gasteiger partial charge in [-0.05, 0) is 37.0 Å². The number of hydrogen-bond donors (Lipinski definition) is 2. The third kappa shape index (κ3) is 2.37. The molecular formula is C13H13N5O. The largest absolute Gasteiger partial charge is 0.292 e. The molecule has 1 aliphatic rings. The van der Waals surface area contributed by atoms with Crippen LogP contribution in [-0.4, -0.2) is 27.3 Å². The van der Waals surface area contributed by atoms with E-state index in [1.165, 1.54) is 0 Å². The number of fused-ring (bicyclic) bond motifs is 1. The second-order valence-electron chi connectivity index (χ2n) is 4.36. The molecule has 0 radical (unpaired) electrons. The highest BCUT2D eigenvalue weighted by molar-refractivity contribution is 5.94. The summed E-state index contributed by atoms with van der Waals surface area (Å²) in [6.07, 6.45) is 7.86. The average molecular weight is 255 g/mol. The van der Waals surface area contributed by atoms with Gasteiger partial charge in [-0.1, -0.05) is 0 Å². The molecule has 2 aromatic heterocycles. The maximum atomic E-state index is 11.9. The Kier molecular flexibility index (Phi) is 3.06. The summed E-state index contributed by atoms with van der Waals surface area (Å²) < 4.78 is 0. The van der Waals surface area contributed by atoms with Gasteiger partial charge in [0.05, 0.1) is 6.21 Å². The third-order valence-corrected chi connectivity index (χ3v) is 3.11. The fourth-order valence-corrected chi connectivity index (χ4v) is 2.18. The van der Waals surface area contributed by atoms with Crippen LogP contribution >= 0.6 is 0 Å². The fourth-order valence-electron chi connectivity index (χ4n) is 2.18. The van der Waals surface area contributed by atoms with E-state index in [0.29, 0.717) is 5.69 Å². The van der Waals surface area contributed by atoms with E-state index < -0.39 is 0 Å². The lowest BCUT2D eigenvalue weighted by Gasteiger charge is -1.97. The highest BCUT2D eigenvalue weighted by atomic mass is 16.2. The van der Waals surface area contributed by atoms with Gasteiger partial charge in [-0.3, -0.25) is 14.9 Å². The van der Waals surface area contributed by atoms with Crippen LogP contribution in [0.1, 0.15) is 33.7 Å². The Morgan fingerprint density at radius 2 is 2.21 bits per heavy atom. The minimum absolute atomic E-state index is 0.273. The van der Waals surface area contributed by atoms with Crippen molar-refractivity contribution in [1.29, 1.82) is 0 Å². The Labute approximate surface area is 110 Å². The summed E-state index contributed by atoms with van der Waals surface area (Å²) in [5.74, 6) is -0.273. The van der Waals surface area contributed by atoms with Gasteiger partial charge in [0, 0.05) is 23.7 Å². The molecule has 0 aliphatic heterocycles. The summed E-state index contributed by atoms with van der Waals surface area (Å²) in [4.78, 5) is 15.8. The van der Waals surface area contributed by atoms with Crippen LogP contribution in [0, 0.1) is 0 Å². The van der Waals surface area contributed by atoms with Crippen LogP contribution in [0.5, 0.6) is 0 Å². The van der Waals surface area contributed by atoms with Gasteiger partial charge < -0.3 is 0 Å². The number of H-pyrrole nitrogens is 1. The molecule has 0 bridgehead atoms. The first kappa shape index (κ1) is 11.6. The third-order valence-electron chi connectivity index (χ3n) is 3.11. The lowest BCUT2D eigenvalue weighted by Crippen LogP contribution is -2.19. The molecule has 96 valence electrons. The Hall–Kier alpha value is -2.50. The molecule has 1 aliphatic carbocycles. The summed E-state index contributed by atoms with van der Waals surface area (Å²) in [7, 11) is 0. The van der Waals surface area contributed by atoms with E-state index >= 15 is 0 Å². The topological polar surface area (TPSA) is 83.0 Å². The molecule has 0 unspecified atom stereocenters. The van der Waals surface area contributed by atoms with Crippen molar-refractivity contribution >= 4 is 12.1 Å². The zero-order valence-corrected chi connectivity index (χ0v) is 10.3. The Morgan fingerprint density at radius 1 is 1.37 bits per heavy atom. The summed E-state index contributed by atoms with van der Waals surface area (Å²) in [5, 5.41) is 10.9. The molecule has 0 spiro atoms. The molecule has 2 heterocycles. The van der Waals surface area contributed by atoms with Crippen molar-refractivity contribution in [2.75, 3.05) is 0 Å². The normalized spacial score (nSPS) is 13.7. The lowest BCUT2D eigenvalue weighted by molar-refractivity contribution is 0.0949. The van der Waals surface area contributed by atoms with Crippen LogP contribution in [0.25, 0.3) is 0 Å². The van der Waals surface area contributed by atoms with E-state index in [1.54, 1.807) is 18.6 Å². The van der Waals surface area contributed by atoms with Crippen molar-refractivity contribution in [2.24, 2.45) is 5.10 Å². The SMILES string of the molecule is O=C(NN=Cc1ccncc1)c1n[nH]c2c1CCC2. The second-order valence-corrected chi connectivity index (χ2v) is 4.36. The molecule has 2 N–H and O–H groups in total. The molecule has 0 saturated carbocycles. The van der Waals surface area contributed by atoms with Gasteiger partial charge >= 0.3 is 0 Å². The van der Waals surface area contributed by atoms with E-state index in [-0.39, 0.29) is 5.91 Å². The van der Waals surface area contributed by atoms with Gasteiger partial charge in [-0.2, -0.15) is 10.2 Å². The van der Waals surface area contributed by atoms with Gasteiger partial charge in [-0.15, -0.1) is 0 Å². The van der Waals surface area contributed by atoms with Crippen LogP contribution in [0.4, 0.5) is 0 Å². The molecular weight excluding hydrogens is 242 g/mol. The highest BCUT2D eigenvalue weighted by Crippen LogP contribution is 2.22. The fraction of sp³-hybridized carbons (Fsp3) is 0.231. The van der Waals surface area contributed by atoms with Gasteiger partial charge in [0.2, 0.25) is 0 Å². The zero-order valence-electron chi connectivity index (χ0n) is 10.3. The monoisotopic (exact) mass is 255 g/mol. The lowest BCUT2D eigenvalue weighted by atomic mass is 10.2. The number of hydrogen-bond acceptors (Lipinski definition) is 4. The van der Waals surface area contributed by atoms with Crippen LogP contribution in [0.2, 0.25) is 0 Å². The molecule has 3 rings (SSSR count). The Bertz CT molecular complexity index is 617. The first-order valence-electron chi connectivity index (χ1n) is 6.14. The standard InChI is InChI=1S/C13H13N5O/c19-13(12-10-2-1-3-11(10)16-17-12)18-15-8-9-4-6-14-7-5-9/h4-8H,1-3H2,(H,16,17)(H,18,19). The average Bonchev–Trinajstić information content (AvgIpc) is 3.02. The summed E-state index contributed by atoms with van der Waals surface area (Å²) in [6.45, 7) is 0. The van der Waals surface area contributed by atoms with Crippen molar-refractivity contribution in [2.45, 2.75) is 19.3 Å². The second kappa shape index (κ2) is 5.01. The maximum absolute atomic E-state index is 11.9. The Morgan fingerprint density at radius 3 is 3.05 bits per heavy atom. The van der Waals surface area contributed by atoms with Crippen molar-refractivity contribution in [3.63, 3.8) is 0 Å². The van der Waals surface area contributed by atoms with Crippen molar-refractivity contribution in [3.8, 4) is 0 Å². The number of nitrogens with one attached hydrogen (secondary N) is 2. The van der Waals surface area contributed by atoms with Gasteiger partial charge in [0.1, 0.15) is 0 Å². The number of pyridine rings is 1. The number of nitrogens with zero attached hydrogens (tertiary/aromatic N) is 3. The molecule has 0 saturated heterocycles. The molecule has 2 aromatic rings. The van der Waals surface area contributed by atoms with Crippen LogP contribution in [0.15, 0.2) is 29.6 Å². The molecule has 19 heavy (non-hydrogen) atoms. The van der Waals surface area contributed by atoms with Crippen LogP contribution in [0.3, 0.4) is 0 Å². The van der Waals surface area contributed by atoms with Gasteiger partial charge in [-0.25, -0.2) is 5.43 Å². The molecule has 1 amide bonds. The van der Waals surface area contributed by atoms with E-state index in [1.807, 2.05) is 12.1 Å². The smallest absolute Gasteiger partial charge is 0.281 e. The number of carbonyl (C=O) groups excluding carboxylic acids is 1. The number of carbonyl (C=O) groups is 1. The minimum atomic E-state index is -0.273. The summed E-state index contributed by atoms with van der Waals surface area (Å²) in [6, 6.07) is 3.61. The van der Waals surface area contributed by atoms with Gasteiger partial charge in [0.15, 0.2) is 5.69 Å². The number of rotatable bonds is 3. The van der Waals surface area contributed by atoms with Crippen LogP contribution in [-0.2, 0) is 12.8 Å². The predicted octanol–water partition coefficient (Wildman–Crippen LogP) is 1.06. The summed E-state index contributed by atoms with van der Waals surface area (Å²) in [5.41, 5.74) is 5.92. The quantitative estimate of drug-likeness (QED) is 0.635. The molecule has 6 heteroatoms. The maximum Gasteiger partial charge on any atom is 0.292 e. The minimum Gasteiger partial charge on any atom is -0.281 e.